The molecule has 25 heavy (non-hydrogen) atoms. The van der Waals surface area contributed by atoms with E-state index in [1.54, 1.807) is 0 Å². The number of allylic oxidation sites excluding steroid dienone is 1. The van der Waals surface area contributed by atoms with Crippen molar-refractivity contribution in [2.24, 2.45) is 4.99 Å². The summed E-state index contributed by atoms with van der Waals surface area (Å²) in [6, 6.07) is 0. The molecule has 1 heterocycles. The van der Waals surface area contributed by atoms with Crippen LogP contribution in [0.25, 0.3) is 0 Å². The first-order valence-electron chi connectivity index (χ1n) is 9.03. The van der Waals surface area contributed by atoms with Crippen molar-refractivity contribution in [3.63, 3.8) is 0 Å². The number of rotatable bonds is 9. The van der Waals surface area contributed by atoms with Gasteiger partial charge in [-0.1, -0.05) is 6.08 Å². The van der Waals surface area contributed by atoms with Crippen LogP contribution in [0.5, 0.6) is 0 Å². The number of aliphatic imine (C=N–C) groups is 1. The highest BCUT2D eigenvalue weighted by Gasteiger charge is 2.30. The SMILES string of the molecule is C=CCCCN(C)C(=NCCS(=O)(=O)N1CC(C)OC(C)C1)NCC. The zero-order valence-electron chi connectivity index (χ0n) is 16.1. The van der Waals surface area contributed by atoms with Gasteiger partial charge in [0.1, 0.15) is 0 Å². The molecular formula is C17H34N4O3S. The molecule has 0 aliphatic carbocycles. The molecule has 8 heteroatoms. The van der Waals surface area contributed by atoms with E-state index in [0.29, 0.717) is 13.1 Å². The van der Waals surface area contributed by atoms with Gasteiger partial charge < -0.3 is 15.0 Å². The summed E-state index contributed by atoms with van der Waals surface area (Å²) in [7, 11) is -1.36. The van der Waals surface area contributed by atoms with Crippen molar-refractivity contribution in [1.82, 2.24) is 14.5 Å². The minimum Gasteiger partial charge on any atom is -0.373 e. The van der Waals surface area contributed by atoms with Crippen LogP contribution < -0.4 is 5.32 Å². The maximum Gasteiger partial charge on any atom is 0.216 e. The number of nitrogens with zero attached hydrogens (tertiary/aromatic N) is 3. The Hall–Kier alpha value is -1.12. The molecule has 0 radical (unpaired) electrons. The maximum absolute atomic E-state index is 12.6. The van der Waals surface area contributed by atoms with Gasteiger partial charge in [0.15, 0.2) is 5.96 Å². The number of hydrogen-bond donors (Lipinski definition) is 1. The molecule has 1 N–H and O–H groups in total. The summed E-state index contributed by atoms with van der Waals surface area (Å²) in [6.45, 7) is 12.2. The number of hydrogen-bond acceptors (Lipinski definition) is 4. The van der Waals surface area contributed by atoms with Crippen molar-refractivity contribution in [2.75, 3.05) is 45.5 Å². The van der Waals surface area contributed by atoms with E-state index in [1.807, 2.05) is 38.8 Å². The van der Waals surface area contributed by atoms with E-state index < -0.39 is 10.0 Å². The van der Waals surface area contributed by atoms with Gasteiger partial charge in [-0.3, -0.25) is 4.99 Å². The monoisotopic (exact) mass is 374 g/mol. The number of ether oxygens (including phenoxy) is 1. The van der Waals surface area contributed by atoms with Crippen molar-refractivity contribution in [2.45, 2.75) is 45.8 Å². The predicted octanol–water partition coefficient (Wildman–Crippen LogP) is 1.29. The van der Waals surface area contributed by atoms with Gasteiger partial charge in [0.2, 0.25) is 10.0 Å². The summed E-state index contributed by atoms with van der Waals surface area (Å²) < 4.78 is 32.2. The topological polar surface area (TPSA) is 74.2 Å². The summed E-state index contributed by atoms with van der Waals surface area (Å²) >= 11 is 0. The van der Waals surface area contributed by atoms with Gasteiger partial charge in [-0.05, 0) is 33.6 Å². The third-order valence-corrected chi connectivity index (χ3v) is 5.77. The Morgan fingerprint density at radius 1 is 1.40 bits per heavy atom. The Morgan fingerprint density at radius 2 is 2.04 bits per heavy atom. The molecule has 7 nitrogen and oxygen atoms in total. The minimum absolute atomic E-state index is 0.0157. The first-order valence-corrected chi connectivity index (χ1v) is 10.6. The van der Waals surface area contributed by atoms with Crippen LogP contribution in [-0.2, 0) is 14.8 Å². The zero-order chi connectivity index (χ0) is 18.9. The van der Waals surface area contributed by atoms with E-state index >= 15 is 0 Å². The number of nitrogens with one attached hydrogen (secondary N) is 1. The van der Waals surface area contributed by atoms with E-state index in [4.69, 9.17) is 4.74 Å². The van der Waals surface area contributed by atoms with Crippen LogP contribution in [0.3, 0.4) is 0 Å². The van der Waals surface area contributed by atoms with E-state index in [9.17, 15) is 8.42 Å². The highest BCUT2D eigenvalue weighted by molar-refractivity contribution is 7.89. The van der Waals surface area contributed by atoms with E-state index in [1.165, 1.54) is 4.31 Å². The largest absolute Gasteiger partial charge is 0.373 e. The molecule has 1 fully saturated rings. The molecule has 0 bridgehead atoms. The fraction of sp³-hybridized carbons (Fsp3) is 0.824. The minimum atomic E-state index is -3.32. The van der Waals surface area contributed by atoms with Gasteiger partial charge in [-0.15, -0.1) is 6.58 Å². The standard InChI is InChI=1S/C17H34N4O3S/c1-6-8-9-11-20(5)17(18-7-2)19-10-12-25(22,23)21-13-15(3)24-16(4)14-21/h6,15-16H,1,7-14H2,2-5H3,(H,18,19). The summed E-state index contributed by atoms with van der Waals surface area (Å²) in [5.41, 5.74) is 0. The second-order valence-electron chi connectivity index (χ2n) is 6.48. The number of unbranched alkanes of at least 4 members (excludes halogenated alkanes) is 1. The average molecular weight is 375 g/mol. The van der Waals surface area contributed by atoms with Crippen LogP contribution in [0, 0.1) is 0 Å². The summed E-state index contributed by atoms with van der Waals surface area (Å²) in [4.78, 5) is 6.51. The van der Waals surface area contributed by atoms with Crippen molar-refractivity contribution in [1.29, 1.82) is 0 Å². The van der Waals surface area contributed by atoms with Crippen molar-refractivity contribution in [3.05, 3.63) is 12.7 Å². The maximum atomic E-state index is 12.6. The molecule has 0 aromatic heterocycles. The molecule has 0 saturated carbocycles. The molecule has 0 amide bonds. The first kappa shape index (κ1) is 21.9. The zero-order valence-corrected chi connectivity index (χ0v) is 16.9. The van der Waals surface area contributed by atoms with Crippen LogP contribution in [0.1, 0.15) is 33.6 Å². The normalized spacial score (nSPS) is 22.6. The average Bonchev–Trinajstić information content (AvgIpc) is 2.53. The fourth-order valence-electron chi connectivity index (χ4n) is 2.80. The molecule has 1 rings (SSSR count). The molecule has 0 aromatic rings. The molecule has 2 unspecified atom stereocenters. The highest BCUT2D eigenvalue weighted by atomic mass is 32.2. The van der Waals surface area contributed by atoms with Crippen LogP contribution >= 0.6 is 0 Å². The smallest absolute Gasteiger partial charge is 0.216 e. The number of guanidine groups is 1. The van der Waals surface area contributed by atoms with Gasteiger partial charge in [0, 0.05) is 33.2 Å². The summed E-state index contributed by atoms with van der Waals surface area (Å²) in [5, 5.41) is 3.21. The third kappa shape index (κ3) is 7.75. The molecular weight excluding hydrogens is 340 g/mol. The number of sulfonamides is 1. The van der Waals surface area contributed by atoms with Crippen molar-refractivity contribution >= 4 is 16.0 Å². The fourth-order valence-corrected chi connectivity index (χ4v) is 4.26. The van der Waals surface area contributed by atoms with Crippen LogP contribution in [-0.4, -0.2) is 81.3 Å². The van der Waals surface area contributed by atoms with Crippen LogP contribution in [0.15, 0.2) is 17.6 Å². The van der Waals surface area contributed by atoms with Crippen molar-refractivity contribution in [3.8, 4) is 0 Å². The van der Waals surface area contributed by atoms with E-state index in [0.717, 1.165) is 31.9 Å². The molecule has 0 aromatic carbocycles. The Kier molecular flexibility index (Phi) is 9.45. The van der Waals surface area contributed by atoms with E-state index in [-0.39, 0.29) is 24.5 Å². The Morgan fingerprint density at radius 3 is 2.60 bits per heavy atom. The van der Waals surface area contributed by atoms with Gasteiger partial charge in [0.05, 0.1) is 24.5 Å². The van der Waals surface area contributed by atoms with E-state index in [2.05, 4.69) is 16.9 Å². The first-order chi connectivity index (χ1) is 11.8. The summed E-state index contributed by atoms with van der Waals surface area (Å²) in [6.07, 6.45) is 3.69. The van der Waals surface area contributed by atoms with Gasteiger partial charge in [0.25, 0.3) is 0 Å². The lowest BCUT2D eigenvalue weighted by Crippen LogP contribution is -2.49. The molecule has 1 aliphatic heterocycles. The Labute approximate surface area is 153 Å². The quantitative estimate of drug-likeness (QED) is 0.285. The Balaban J connectivity index is 2.62. The van der Waals surface area contributed by atoms with Crippen LogP contribution in [0.4, 0.5) is 0 Å². The number of morpholine rings is 1. The summed E-state index contributed by atoms with van der Waals surface area (Å²) in [5.74, 6) is 0.757. The molecule has 1 saturated heterocycles. The molecule has 1 aliphatic rings. The third-order valence-electron chi connectivity index (χ3n) is 3.99. The lowest BCUT2D eigenvalue weighted by molar-refractivity contribution is -0.0440. The molecule has 2 atom stereocenters. The highest BCUT2D eigenvalue weighted by Crippen LogP contribution is 2.14. The van der Waals surface area contributed by atoms with Gasteiger partial charge >= 0.3 is 0 Å². The van der Waals surface area contributed by atoms with Gasteiger partial charge in [-0.25, -0.2) is 8.42 Å². The van der Waals surface area contributed by atoms with Crippen LogP contribution in [0.2, 0.25) is 0 Å². The second-order valence-corrected chi connectivity index (χ2v) is 8.57. The predicted molar refractivity (Wildman–Crippen MR) is 103 cm³/mol. The molecule has 146 valence electrons. The second kappa shape index (κ2) is 10.8. The van der Waals surface area contributed by atoms with Gasteiger partial charge in [-0.2, -0.15) is 4.31 Å². The lowest BCUT2D eigenvalue weighted by atomic mass is 10.3. The molecule has 0 spiro atoms. The Bertz CT molecular complexity index is 526. The van der Waals surface area contributed by atoms with Crippen molar-refractivity contribution < 1.29 is 13.2 Å². The lowest BCUT2D eigenvalue weighted by Gasteiger charge is -2.34.